The van der Waals surface area contributed by atoms with Gasteiger partial charge in [-0.15, -0.1) is 0 Å². The third kappa shape index (κ3) is 3.32. The molecule has 2 aromatic rings. The van der Waals surface area contributed by atoms with Crippen molar-refractivity contribution >= 4 is 21.5 Å². The highest BCUT2D eigenvalue weighted by molar-refractivity contribution is 9.10. The Bertz CT molecular complexity index is 896. The lowest BCUT2D eigenvalue weighted by atomic mass is 9.85. The second kappa shape index (κ2) is 7.36. The van der Waals surface area contributed by atoms with Crippen LogP contribution in [0.25, 0.3) is 5.57 Å². The Balaban J connectivity index is 1.87. The van der Waals surface area contributed by atoms with Crippen LogP contribution in [0.4, 0.5) is 8.78 Å². The molecule has 0 aromatic heterocycles. The molecule has 2 nitrogen and oxygen atoms in total. The smallest absolute Gasteiger partial charge is 0.251 e. The number of fused-ring (bicyclic) bond motifs is 2. The summed E-state index contributed by atoms with van der Waals surface area (Å²) in [7, 11) is 1.63. The van der Waals surface area contributed by atoms with E-state index in [1.807, 2.05) is 36.1 Å². The number of benzene rings is 2. The zero-order valence-electron chi connectivity index (χ0n) is 15.4. The van der Waals surface area contributed by atoms with Crippen LogP contribution in [-0.4, -0.2) is 31.0 Å². The van der Waals surface area contributed by atoms with Gasteiger partial charge in [0.2, 0.25) is 0 Å². The molecule has 0 spiro atoms. The maximum Gasteiger partial charge on any atom is 0.251 e. The van der Waals surface area contributed by atoms with Crippen LogP contribution in [0.1, 0.15) is 36.1 Å². The van der Waals surface area contributed by atoms with Crippen LogP contribution in [0.2, 0.25) is 0 Å². The molecule has 0 amide bonds. The normalized spacial score (nSPS) is 22.1. The summed E-state index contributed by atoms with van der Waals surface area (Å²) in [5.41, 5.74) is 6.06. The van der Waals surface area contributed by atoms with Gasteiger partial charge in [-0.3, -0.25) is 4.90 Å². The number of ether oxygens (including phenoxy) is 1. The monoisotopic (exact) mass is 433 g/mol. The lowest BCUT2D eigenvalue weighted by molar-refractivity contribution is 0.0476. The molecule has 1 heterocycles. The van der Waals surface area contributed by atoms with Crippen molar-refractivity contribution in [2.45, 2.75) is 38.3 Å². The minimum Gasteiger partial charge on any atom is -0.496 e. The molecule has 2 aliphatic rings. The first-order valence-corrected chi connectivity index (χ1v) is 9.96. The molecule has 5 heteroatoms. The van der Waals surface area contributed by atoms with E-state index in [0.29, 0.717) is 0 Å². The van der Waals surface area contributed by atoms with Gasteiger partial charge < -0.3 is 4.74 Å². The van der Waals surface area contributed by atoms with Crippen LogP contribution < -0.4 is 4.74 Å². The summed E-state index contributed by atoms with van der Waals surface area (Å²) < 4.78 is 33.4. The van der Waals surface area contributed by atoms with Crippen molar-refractivity contribution in [2.24, 2.45) is 0 Å². The Hall–Kier alpha value is -1.72. The van der Waals surface area contributed by atoms with Crippen molar-refractivity contribution in [3.8, 4) is 5.75 Å². The molecule has 0 saturated carbocycles. The van der Waals surface area contributed by atoms with Gasteiger partial charge in [0, 0.05) is 16.1 Å². The number of hydrogen-bond donors (Lipinski definition) is 0. The second-order valence-electron chi connectivity index (χ2n) is 7.27. The molecule has 0 radical (unpaired) electrons. The average molecular weight is 434 g/mol. The Morgan fingerprint density at radius 1 is 1.22 bits per heavy atom. The first kappa shape index (κ1) is 18.6. The van der Waals surface area contributed by atoms with Gasteiger partial charge in [-0.05, 0) is 54.2 Å². The fraction of sp³-hybridized carbons (Fsp3) is 0.364. The van der Waals surface area contributed by atoms with Gasteiger partial charge in [-0.25, -0.2) is 8.78 Å². The average Bonchev–Trinajstić information content (AvgIpc) is 3.00. The maximum atomic E-state index is 13.4. The standard InChI is InChI=1S/C22H22BrF2NO/c1-13-9-18-16-6-4-3-5-14(16)10-19(18)22(26(13)12-21(24)25)17-8-7-15(23)11-20(17)27-2/h3-8,11,13,21-22H,9-10,12H2,1-2H3/t13-,22-/m1/s1. The van der Waals surface area contributed by atoms with E-state index in [2.05, 4.69) is 34.1 Å². The molecular weight excluding hydrogens is 412 g/mol. The van der Waals surface area contributed by atoms with Gasteiger partial charge in [0.05, 0.1) is 19.7 Å². The summed E-state index contributed by atoms with van der Waals surface area (Å²) in [5.74, 6) is 0.727. The molecule has 0 saturated heterocycles. The first-order chi connectivity index (χ1) is 13.0. The van der Waals surface area contributed by atoms with Gasteiger partial charge in [-0.1, -0.05) is 46.3 Å². The molecule has 0 N–H and O–H groups in total. The number of halogens is 3. The summed E-state index contributed by atoms with van der Waals surface area (Å²) in [4.78, 5) is 1.95. The molecule has 1 aliphatic heterocycles. The molecule has 0 unspecified atom stereocenters. The van der Waals surface area contributed by atoms with Gasteiger partial charge in [0.15, 0.2) is 0 Å². The van der Waals surface area contributed by atoms with Crippen molar-refractivity contribution in [3.63, 3.8) is 0 Å². The highest BCUT2D eigenvalue weighted by Gasteiger charge is 2.40. The number of hydrogen-bond acceptors (Lipinski definition) is 2. The zero-order valence-corrected chi connectivity index (χ0v) is 17.0. The lowest BCUT2D eigenvalue weighted by Gasteiger charge is -2.42. The lowest BCUT2D eigenvalue weighted by Crippen LogP contribution is -2.43. The van der Waals surface area contributed by atoms with Crippen LogP contribution in [0, 0.1) is 0 Å². The van der Waals surface area contributed by atoms with Crippen molar-refractivity contribution < 1.29 is 13.5 Å². The van der Waals surface area contributed by atoms with Gasteiger partial charge in [0.1, 0.15) is 5.75 Å². The van der Waals surface area contributed by atoms with Gasteiger partial charge in [0.25, 0.3) is 6.43 Å². The van der Waals surface area contributed by atoms with E-state index >= 15 is 0 Å². The molecule has 2 atom stereocenters. The first-order valence-electron chi connectivity index (χ1n) is 9.17. The second-order valence-corrected chi connectivity index (χ2v) is 8.18. The summed E-state index contributed by atoms with van der Waals surface area (Å²) in [6, 6.07) is 14.1. The number of rotatable bonds is 4. The predicted molar refractivity (Wildman–Crippen MR) is 107 cm³/mol. The van der Waals surface area contributed by atoms with Crippen molar-refractivity contribution in [1.29, 1.82) is 0 Å². The van der Waals surface area contributed by atoms with E-state index in [-0.39, 0.29) is 18.6 Å². The molecular formula is C22H22BrF2NO. The predicted octanol–water partition coefficient (Wildman–Crippen LogP) is 5.87. The summed E-state index contributed by atoms with van der Waals surface area (Å²) in [6.07, 6.45) is -0.765. The molecule has 142 valence electrons. The quantitative estimate of drug-likeness (QED) is 0.597. The highest BCUT2D eigenvalue weighted by Crippen LogP contribution is 2.50. The zero-order chi connectivity index (χ0) is 19.1. The number of methoxy groups -OCH3 is 1. The number of alkyl halides is 2. The summed E-state index contributed by atoms with van der Waals surface area (Å²) in [5, 5.41) is 0. The number of nitrogens with zero attached hydrogens (tertiary/aromatic N) is 1. The molecule has 1 aliphatic carbocycles. The summed E-state index contributed by atoms with van der Waals surface area (Å²) >= 11 is 3.48. The fourth-order valence-electron chi connectivity index (χ4n) is 4.55. The molecule has 4 rings (SSSR count). The van der Waals surface area contributed by atoms with Crippen molar-refractivity contribution in [2.75, 3.05) is 13.7 Å². The minimum absolute atomic E-state index is 0.0299. The van der Waals surface area contributed by atoms with E-state index in [9.17, 15) is 8.78 Å². The Morgan fingerprint density at radius 3 is 2.74 bits per heavy atom. The third-order valence-electron chi connectivity index (χ3n) is 5.68. The Morgan fingerprint density at radius 2 is 2.00 bits per heavy atom. The largest absolute Gasteiger partial charge is 0.496 e. The van der Waals surface area contributed by atoms with Crippen molar-refractivity contribution in [3.05, 3.63) is 69.2 Å². The van der Waals surface area contributed by atoms with E-state index in [1.165, 1.54) is 22.3 Å². The van der Waals surface area contributed by atoms with E-state index in [1.54, 1.807) is 7.11 Å². The molecule has 27 heavy (non-hydrogen) atoms. The van der Waals surface area contributed by atoms with Crippen LogP contribution >= 0.6 is 15.9 Å². The Labute approximate surface area is 167 Å². The van der Waals surface area contributed by atoms with Crippen molar-refractivity contribution in [1.82, 2.24) is 4.90 Å². The van der Waals surface area contributed by atoms with E-state index < -0.39 is 6.43 Å². The maximum absolute atomic E-state index is 13.4. The van der Waals surface area contributed by atoms with E-state index in [0.717, 1.165) is 28.6 Å². The van der Waals surface area contributed by atoms with Crippen LogP contribution in [0.3, 0.4) is 0 Å². The summed E-state index contributed by atoms with van der Waals surface area (Å²) in [6.45, 7) is 1.81. The van der Waals surface area contributed by atoms with Gasteiger partial charge in [-0.2, -0.15) is 0 Å². The third-order valence-corrected chi connectivity index (χ3v) is 6.17. The SMILES string of the molecule is COc1cc(Br)ccc1[C@@H]1C2=C(C[C@@H](C)N1CC(F)F)c1ccccc1C2. The van der Waals surface area contributed by atoms with Crippen LogP contribution in [0.5, 0.6) is 5.75 Å². The van der Waals surface area contributed by atoms with Crippen LogP contribution in [-0.2, 0) is 6.42 Å². The van der Waals surface area contributed by atoms with Crippen LogP contribution in [0.15, 0.2) is 52.5 Å². The Kier molecular flexibility index (Phi) is 5.08. The fourth-order valence-corrected chi connectivity index (χ4v) is 4.89. The molecule has 0 fully saturated rings. The minimum atomic E-state index is -2.37. The van der Waals surface area contributed by atoms with Gasteiger partial charge >= 0.3 is 0 Å². The van der Waals surface area contributed by atoms with E-state index in [4.69, 9.17) is 4.74 Å². The highest BCUT2D eigenvalue weighted by atomic mass is 79.9. The topological polar surface area (TPSA) is 12.5 Å². The molecule has 2 aromatic carbocycles. The molecule has 0 bridgehead atoms.